The fourth-order valence-electron chi connectivity index (χ4n) is 4.61. The first-order chi connectivity index (χ1) is 12.5. The lowest BCUT2D eigenvalue weighted by Gasteiger charge is -2.38. The van der Waals surface area contributed by atoms with Crippen LogP contribution in [0.15, 0.2) is 42.5 Å². The Hall–Kier alpha value is -2.07. The average Bonchev–Trinajstić information content (AvgIpc) is 2.87. The summed E-state index contributed by atoms with van der Waals surface area (Å²) in [6.07, 6.45) is 3.70. The molecule has 2 saturated heterocycles. The molecule has 2 aromatic rings. The first-order valence-electron chi connectivity index (χ1n) is 9.32. The number of carbonyl (C=O) groups excluding carboxylic acids is 1. The molecule has 2 unspecified atom stereocenters. The number of Topliss-reactive ketones (excluding diaryl/α,β-unsaturated/α-hetero) is 1. The van der Waals surface area contributed by atoms with Crippen LogP contribution in [-0.4, -0.2) is 22.8 Å². The van der Waals surface area contributed by atoms with Crippen LogP contribution < -0.4 is 0 Å². The van der Waals surface area contributed by atoms with Crippen LogP contribution in [0.25, 0.3) is 0 Å². The summed E-state index contributed by atoms with van der Waals surface area (Å²) in [4.78, 5) is 15.4. The molecule has 0 aliphatic carbocycles. The summed E-state index contributed by atoms with van der Waals surface area (Å²) in [5.41, 5.74) is 1.65. The van der Waals surface area contributed by atoms with Crippen molar-refractivity contribution in [1.82, 2.24) is 4.90 Å². The molecule has 26 heavy (non-hydrogen) atoms. The largest absolute Gasteiger partial charge is 0.294 e. The number of ketones is 1. The highest BCUT2D eigenvalue weighted by Gasteiger charge is 2.43. The summed E-state index contributed by atoms with van der Waals surface area (Å²) in [6.45, 7) is 2.47. The number of halogens is 2. The molecule has 0 amide bonds. The SMILES string of the molecule is Cc1cc(C(=O)C2CC3CCC(C2)N3Cc2ccccc2)c(F)cc1F. The summed E-state index contributed by atoms with van der Waals surface area (Å²) >= 11 is 0. The minimum absolute atomic E-state index is 0.0461. The van der Waals surface area contributed by atoms with Gasteiger partial charge in [0.2, 0.25) is 0 Å². The molecule has 0 spiro atoms. The highest BCUT2D eigenvalue weighted by Crippen LogP contribution is 2.41. The zero-order valence-corrected chi connectivity index (χ0v) is 14.9. The second-order valence-electron chi connectivity index (χ2n) is 7.66. The topological polar surface area (TPSA) is 20.3 Å². The van der Waals surface area contributed by atoms with Crippen molar-refractivity contribution < 1.29 is 13.6 Å². The molecule has 0 aromatic heterocycles. The minimum Gasteiger partial charge on any atom is -0.294 e. The van der Waals surface area contributed by atoms with Crippen LogP contribution in [0, 0.1) is 24.5 Å². The normalized spacial score (nSPS) is 25.4. The monoisotopic (exact) mass is 355 g/mol. The molecule has 2 heterocycles. The van der Waals surface area contributed by atoms with Crippen LogP contribution in [-0.2, 0) is 6.54 Å². The zero-order valence-electron chi connectivity index (χ0n) is 14.9. The van der Waals surface area contributed by atoms with E-state index in [0.717, 1.165) is 38.3 Å². The molecule has 136 valence electrons. The summed E-state index contributed by atoms with van der Waals surface area (Å²) in [5.74, 6) is -1.67. The molecule has 2 aromatic carbocycles. The van der Waals surface area contributed by atoms with Gasteiger partial charge in [-0.2, -0.15) is 0 Å². The maximum atomic E-state index is 14.1. The van der Waals surface area contributed by atoms with E-state index in [-0.39, 0.29) is 17.3 Å². The molecule has 2 aliphatic rings. The van der Waals surface area contributed by atoms with E-state index >= 15 is 0 Å². The van der Waals surface area contributed by atoms with E-state index in [4.69, 9.17) is 0 Å². The fraction of sp³-hybridized carbons (Fsp3) is 0.409. The lowest BCUT2D eigenvalue weighted by Crippen LogP contribution is -2.44. The number of benzene rings is 2. The molecule has 0 radical (unpaired) electrons. The highest BCUT2D eigenvalue weighted by molar-refractivity contribution is 5.98. The molecule has 2 aliphatic heterocycles. The summed E-state index contributed by atoms with van der Waals surface area (Å²) < 4.78 is 27.6. The predicted octanol–water partition coefficient (Wildman–Crippen LogP) is 4.90. The van der Waals surface area contributed by atoms with Crippen LogP contribution in [0.2, 0.25) is 0 Å². The van der Waals surface area contributed by atoms with Crippen molar-refractivity contribution in [3.05, 3.63) is 70.8 Å². The first kappa shape index (κ1) is 17.3. The van der Waals surface area contributed by atoms with E-state index in [1.165, 1.54) is 11.6 Å². The van der Waals surface area contributed by atoms with Crippen LogP contribution in [0.5, 0.6) is 0 Å². The van der Waals surface area contributed by atoms with Crippen molar-refractivity contribution in [2.24, 2.45) is 5.92 Å². The van der Waals surface area contributed by atoms with Crippen molar-refractivity contribution in [2.75, 3.05) is 0 Å². The lowest BCUT2D eigenvalue weighted by atomic mass is 9.84. The van der Waals surface area contributed by atoms with Crippen LogP contribution in [0.4, 0.5) is 8.78 Å². The van der Waals surface area contributed by atoms with E-state index in [1.807, 2.05) is 18.2 Å². The molecular formula is C22H23F2NO. The number of hydrogen-bond donors (Lipinski definition) is 0. The van der Waals surface area contributed by atoms with Gasteiger partial charge in [-0.15, -0.1) is 0 Å². The van der Waals surface area contributed by atoms with Gasteiger partial charge in [-0.05, 0) is 49.8 Å². The van der Waals surface area contributed by atoms with Gasteiger partial charge in [-0.25, -0.2) is 8.78 Å². The molecule has 2 atom stereocenters. The molecule has 4 rings (SSSR count). The van der Waals surface area contributed by atoms with Crippen molar-refractivity contribution in [3.8, 4) is 0 Å². The highest BCUT2D eigenvalue weighted by atomic mass is 19.1. The maximum absolute atomic E-state index is 14.1. The van der Waals surface area contributed by atoms with E-state index in [2.05, 4.69) is 17.0 Å². The molecule has 0 saturated carbocycles. The van der Waals surface area contributed by atoms with E-state index in [9.17, 15) is 13.6 Å². The van der Waals surface area contributed by atoms with Crippen LogP contribution >= 0.6 is 0 Å². The Bertz CT molecular complexity index is 806. The second-order valence-corrected chi connectivity index (χ2v) is 7.66. The summed E-state index contributed by atoms with van der Waals surface area (Å²) in [5, 5.41) is 0. The smallest absolute Gasteiger partial charge is 0.169 e. The van der Waals surface area contributed by atoms with Gasteiger partial charge in [0.1, 0.15) is 11.6 Å². The summed E-state index contributed by atoms with van der Waals surface area (Å²) in [7, 11) is 0. The van der Waals surface area contributed by atoms with Gasteiger partial charge >= 0.3 is 0 Å². The second kappa shape index (κ2) is 6.92. The van der Waals surface area contributed by atoms with Gasteiger partial charge in [0.05, 0.1) is 5.56 Å². The molecule has 2 fully saturated rings. The average molecular weight is 355 g/mol. The zero-order chi connectivity index (χ0) is 18.3. The number of nitrogens with zero attached hydrogens (tertiary/aromatic N) is 1. The van der Waals surface area contributed by atoms with E-state index in [0.29, 0.717) is 17.6 Å². The predicted molar refractivity (Wildman–Crippen MR) is 96.9 cm³/mol. The third-order valence-corrected chi connectivity index (χ3v) is 5.98. The van der Waals surface area contributed by atoms with Crippen molar-refractivity contribution in [3.63, 3.8) is 0 Å². The van der Waals surface area contributed by atoms with Crippen LogP contribution in [0.1, 0.15) is 47.2 Å². The Balaban J connectivity index is 1.50. The van der Waals surface area contributed by atoms with Gasteiger partial charge in [0.25, 0.3) is 0 Å². The Kier molecular flexibility index (Phi) is 4.62. The molecular weight excluding hydrogens is 332 g/mol. The minimum atomic E-state index is -0.739. The number of rotatable bonds is 4. The number of fused-ring (bicyclic) bond motifs is 2. The molecule has 4 heteroatoms. The fourth-order valence-corrected chi connectivity index (χ4v) is 4.61. The van der Waals surface area contributed by atoms with Crippen molar-refractivity contribution in [1.29, 1.82) is 0 Å². The van der Waals surface area contributed by atoms with Crippen LogP contribution in [0.3, 0.4) is 0 Å². The first-order valence-corrected chi connectivity index (χ1v) is 9.32. The third kappa shape index (κ3) is 3.18. The maximum Gasteiger partial charge on any atom is 0.169 e. The quantitative estimate of drug-likeness (QED) is 0.727. The summed E-state index contributed by atoms with van der Waals surface area (Å²) in [6, 6.07) is 13.3. The standard InChI is InChI=1S/C22H23F2NO/c1-14-9-19(21(24)12-20(14)23)22(26)16-10-17-7-8-18(11-16)25(17)13-15-5-3-2-4-6-15/h2-6,9,12,16-18H,7-8,10-11,13H2,1H3. The number of hydrogen-bond acceptors (Lipinski definition) is 2. The molecule has 0 N–H and O–H groups in total. The lowest BCUT2D eigenvalue weighted by molar-refractivity contribution is 0.0674. The molecule has 2 bridgehead atoms. The Labute approximate surface area is 152 Å². The molecule has 2 nitrogen and oxygen atoms in total. The number of carbonyl (C=O) groups is 1. The van der Waals surface area contributed by atoms with E-state index < -0.39 is 11.6 Å². The van der Waals surface area contributed by atoms with Gasteiger partial charge in [0.15, 0.2) is 5.78 Å². The van der Waals surface area contributed by atoms with Crippen molar-refractivity contribution in [2.45, 2.75) is 51.2 Å². The Morgan fingerprint density at radius 1 is 1.04 bits per heavy atom. The number of aryl methyl sites for hydroxylation is 1. The Morgan fingerprint density at radius 3 is 2.35 bits per heavy atom. The van der Waals surface area contributed by atoms with Crippen molar-refractivity contribution >= 4 is 5.78 Å². The Morgan fingerprint density at radius 2 is 1.69 bits per heavy atom. The van der Waals surface area contributed by atoms with Gasteiger partial charge in [0, 0.05) is 30.6 Å². The number of piperidine rings is 1. The van der Waals surface area contributed by atoms with E-state index in [1.54, 1.807) is 6.92 Å². The van der Waals surface area contributed by atoms with Gasteiger partial charge in [-0.1, -0.05) is 30.3 Å². The third-order valence-electron chi connectivity index (χ3n) is 5.98. The van der Waals surface area contributed by atoms with Gasteiger partial charge < -0.3 is 0 Å². The van der Waals surface area contributed by atoms with Gasteiger partial charge in [-0.3, -0.25) is 9.69 Å².